The Morgan fingerprint density at radius 1 is 1.02 bits per heavy atom. The molecule has 4 heterocycles. The maximum atomic E-state index is 14.2. The number of anilines is 1. The van der Waals surface area contributed by atoms with Crippen LogP contribution in [0.3, 0.4) is 0 Å². The predicted molar refractivity (Wildman–Crippen MR) is 235 cm³/mol. The molecule has 2 atom stereocenters. The lowest BCUT2D eigenvalue weighted by molar-refractivity contribution is -0.144. The average Bonchev–Trinajstić information content (AvgIpc) is 3.97. The van der Waals surface area contributed by atoms with Crippen LogP contribution in [-0.4, -0.2) is 51.4 Å². The molecule has 6 aromatic rings. The van der Waals surface area contributed by atoms with Crippen LogP contribution in [0.2, 0.25) is 5.02 Å². The number of thioether (sulfide) groups is 2. The topological polar surface area (TPSA) is 94.6 Å². The zero-order valence-corrected chi connectivity index (χ0v) is 36.2. The maximum absolute atomic E-state index is 14.2. The van der Waals surface area contributed by atoms with Gasteiger partial charge in [0.25, 0.3) is 0 Å². The number of hydrogen-bond donors (Lipinski definition) is 1. The van der Waals surface area contributed by atoms with Crippen molar-refractivity contribution in [3.8, 4) is 11.5 Å². The molecule has 0 bridgehead atoms. The minimum atomic E-state index is -1.37. The van der Waals surface area contributed by atoms with Gasteiger partial charge in [-0.25, -0.2) is 4.79 Å². The first-order valence-electron chi connectivity index (χ1n) is 19.1. The van der Waals surface area contributed by atoms with E-state index in [-0.39, 0.29) is 5.92 Å². The fraction of sp³-hybridized carbons (Fsp3) is 0.341. The summed E-state index contributed by atoms with van der Waals surface area (Å²) < 4.78 is 15.9. The first-order chi connectivity index (χ1) is 27.7. The molecule has 2 unspecified atom stereocenters. The number of fused-ring (bicyclic) bond motifs is 3. The van der Waals surface area contributed by atoms with Gasteiger partial charge in [0, 0.05) is 87.1 Å². The molecule has 1 N–H and O–H groups in total. The third-order valence-electron chi connectivity index (χ3n) is 11.3. The Labute approximate surface area is 355 Å². The van der Waals surface area contributed by atoms with Gasteiger partial charge in [-0.1, -0.05) is 70.0 Å². The summed E-state index contributed by atoms with van der Waals surface area (Å²) in [6.07, 6.45) is 2.97. The smallest absolute Gasteiger partial charge is 0.335 e. The van der Waals surface area contributed by atoms with E-state index in [0.717, 1.165) is 97.6 Å². The molecular formula is C44H45BrClN5O4S2. The van der Waals surface area contributed by atoms with Gasteiger partial charge in [0.05, 0.1) is 25.1 Å². The fourth-order valence-electron chi connectivity index (χ4n) is 8.62. The molecule has 0 radical (unpaired) electrons. The van der Waals surface area contributed by atoms with Crippen molar-refractivity contribution < 1.29 is 19.4 Å². The van der Waals surface area contributed by atoms with Gasteiger partial charge in [-0.15, -0.1) is 23.5 Å². The van der Waals surface area contributed by atoms with Crippen molar-refractivity contribution in [2.75, 3.05) is 25.7 Å². The Bertz CT molecular complexity index is 2420. The lowest BCUT2D eigenvalue weighted by Crippen LogP contribution is -2.52. The molecule has 0 fully saturated rings. The van der Waals surface area contributed by atoms with Gasteiger partial charge in [0.1, 0.15) is 11.5 Å². The highest BCUT2D eigenvalue weighted by atomic mass is 79.9. The number of nitrogens with zero attached hydrogens (tertiary/aromatic N) is 5. The van der Waals surface area contributed by atoms with E-state index in [1.807, 2.05) is 60.1 Å². The number of hydrogen-bond acceptors (Lipinski definition) is 8. The van der Waals surface area contributed by atoms with Crippen LogP contribution in [0.4, 0.5) is 5.69 Å². The average molecular weight is 887 g/mol. The molecule has 2 aliphatic heterocycles. The van der Waals surface area contributed by atoms with Gasteiger partial charge in [0.15, 0.2) is 5.54 Å². The number of alkyl halides is 1. The summed E-state index contributed by atoms with van der Waals surface area (Å²) in [5.74, 6) is 2.57. The molecule has 2 aromatic heterocycles. The molecule has 4 aromatic carbocycles. The van der Waals surface area contributed by atoms with E-state index in [2.05, 4.69) is 74.2 Å². The van der Waals surface area contributed by atoms with Crippen LogP contribution in [-0.2, 0) is 52.9 Å². The minimum absolute atomic E-state index is 0.365. The van der Waals surface area contributed by atoms with Gasteiger partial charge >= 0.3 is 5.97 Å². The van der Waals surface area contributed by atoms with Gasteiger partial charge < -0.3 is 19.5 Å². The third-order valence-corrected chi connectivity index (χ3v) is 14.1. The number of carboxylic acid groups (broad SMARTS) is 1. The number of aryl methyl sites for hydroxylation is 2. The molecule has 0 aliphatic carbocycles. The molecule has 0 saturated heterocycles. The quantitative estimate of drug-likeness (QED) is 0.0579. The van der Waals surface area contributed by atoms with Gasteiger partial charge in [-0.3, -0.25) is 9.36 Å². The lowest BCUT2D eigenvalue weighted by atomic mass is 9.73. The van der Waals surface area contributed by atoms with Crippen molar-refractivity contribution in [1.29, 1.82) is 0 Å². The van der Waals surface area contributed by atoms with E-state index >= 15 is 0 Å². The summed E-state index contributed by atoms with van der Waals surface area (Å²) in [6, 6.07) is 28.7. The molecule has 13 heteroatoms. The maximum Gasteiger partial charge on any atom is 0.335 e. The van der Waals surface area contributed by atoms with E-state index in [0.29, 0.717) is 35.6 Å². The van der Waals surface area contributed by atoms with Crippen LogP contribution >= 0.6 is 51.1 Å². The van der Waals surface area contributed by atoms with Crippen LogP contribution < -0.4 is 14.4 Å². The summed E-state index contributed by atoms with van der Waals surface area (Å²) in [5.41, 5.74) is 6.46. The second-order valence-electron chi connectivity index (χ2n) is 14.6. The summed E-state index contributed by atoms with van der Waals surface area (Å²) in [4.78, 5) is 17.3. The van der Waals surface area contributed by atoms with Crippen LogP contribution in [0, 0.1) is 0 Å². The molecular weight excluding hydrogens is 842 g/mol. The third kappa shape index (κ3) is 7.66. The minimum Gasteiger partial charge on any atom is -0.497 e. The Morgan fingerprint density at radius 3 is 2.61 bits per heavy atom. The summed E-state index contributed by atoms with van der Waals surface area (Å²) in [6.45, 7) is 1.22. The number of benzene rings is 4. The number of aromatic nitrogens is 4. The van der Waals surface area contributed by atoms with Crippen molar-refractivity contribution >= 4 is 73.5 Å². The molecule has 2 aliphatic rings. The lowest BCUT2D eigenvalue weighted by Gasteiger charge is -2.39. The standard InChI is InChI=1S/C44H45BrClN5O4S2/c1-49-40-21-30(46)14-17-36(40)37(10-7-19-55-41-23-34(20-29-8-4-5-9-35(29)41)57-25-28-12-15-33(54-3)16-13-28)44(49,43(52)53)42-38(48-51-18-6-11-39(42)51)27-56-26-32-22-31(24-45)47-50(32)2/h4-5,8-9,12-17,20-23,37H,6-7,10-11,18-19,24-27H2,1-3H3,(H,52,53). The SMILES string of the molecule is COc1ccc(CSc2cc(OCCCC3c4ccc(Cl)cc4N(C)C3(C(=O)O)c3c(CSCc4cc(CBr)nn4C)nn4c3CCC4)c3ccccc3c2)cc1. The van der Waals surface area contributed by atoms with E-state index in [1.54, 1.807) is 30.6 Å². The molecule has 8 rings (SSSR count). The molecule has 296 valence electrons. The first-order valence-corrected chi connectivity index (χ1v) is 22.8. The number of methoxy groups -OCH3 is 1. The fourth-order valence-corrected chi connectivity index (χ4v) is 11.0. The van der Waals surface area contributed by atoms with Crippen LogP contribution in [0.5, 0.6) is 11.5 Å². The normalized spacial score (nSPS) is 17.3. The predicted octanol–water partition coefficient (Wildman–Crippen LogP) is 10.4. The molecule has 0 spiro atoms. The second kappa shape index (κ2) is 17.0. The van der Waals surface area contributed by atoms with Gasteiger partial charge in [-0.05, 0) is 84.7 Å². The largest absolute Gasteiger partial charge is 0.497 e. The number of halogens is 2. The van der Waals surface area contributed by atoms with Crippen molar-refractivity contribution in [2.24, 2.45) is 7.05 Å². The monoisotopic (exact) mass is 885 g/mol. The first kappa shape index (κ1) is 39.7. The van der Waals surface area contributed by atoms with Crippen LogP contribution in [0.15, 0.2) is 89.8 Å². The number of likely N-dealkylation sites (N-methyl/N-ethyl adjacent to an activating group) is 1. The molecule has 0 saturated carbocycles. The molecule has 0 amide bonds. The van der Waals surface area contributed by atoms with Crippen LogP contribution in [0.25, 0.3) is 10.8 Å². The van der Waals surface area contributed by atoms with E-state index in [4.69, 9.17) is 26.2 Å². The number of rotatable bonds is 16. The zero-order chi connectivity index (χ0) is 39.7. The number of aliphatic carboxylic acids is 1. The molecule has 9 nitrogen and oxygen atoms in total. The Hall–Kier alpha value is -4.10. The van der Waals surface area contributed by atoms with Crippen molar-refractivity contribution in [3.63, 3.8) is 0 Å². The van der Waals surface area contributed by atoms with E-state index in [9.17, 15) is 9.90 Å². The van der Waals surface area contributed by atoms with Crippen LogP contribution in [0.1, 0.15) is 64.6 Å². The molecule has 57 heavy (non-hydrogen) atoms. The van der Waals surface area contributed by atoms with E-state index < -0.39 is 11.5 Å². The summed E-state index contributed by atoms with van der Waals surface area (Å²) >= 11 is 13.6. The number of carbonyl (C=O) groups is 1. The highest BCUT2D eigenvalue weighted by molar-refractivity contribution is 9.08. The number of ether oxygens (including phenoxy) is 2. The summed E-state index contributed by atoms with van der Waals surface area (Å²) in [7, 11) is 5.55. The Morgan fingerprint density at radius 2 is 1.84 bits per heavy atom. The zero-order valence-electron chi connectivity index (χ0n) is 32.2. The van der Waals surface area contributed by atoms with Crippen molar-refractivity contribution in [1.82, 2.24) is 19.6 Å². The second-order valence-corrected chi connectivity index (χ2v) is 17.7. The Kier molecular flexibility index (Phi) is 11.9. The van der Waals surface area contributed by atoms with Gasteiger partial charge in [0.2, 0.25) is 0 Å². The Balaban J connectivity index is 1.07. The van der Waals surface area contributed by atoms with Crippen molar-refractivity contribution in [3.05, 3.63) is 129 Å². The highest BCUT2D eigenvalue weighted by Crippen LogP contribution is 2.57. The highest BCUT2D eigenvalue weighted by Gasteiger charge is 2.59. The summed E-state index contributed by atoms with van der Waals surface area (Å²) in [5, 5.41) is 24.8. The van der Waals surface area contributed by atoms with Crippen molar-refractivity contribution in [2.45, 2.75) is 71.2 Å². The van der Waals surface area contributed by atoms with Gasteiger partial charge in [-0.2, -0.15) is 10.2 Å². The van der Waals surface area contributed by atoms with E-state index in [1.165, 1.54) is 5.56 Å². The number of carboxylic acids is 1.